The van der Waals surface area contributed by atoms with Crippen molar-refractivity contribution in [1.29, 1.82) is 0 Å². The summed E-state index contributed by atoms with van der Waals surface area (Å²) in [5, 5.41) is 3.60. The van der Waals surface area contributed by atoms with Crippen LogP contribution in [0.3, 0.4) is 0 Å². The zero-order valence-electron chi connectivity index (χ0n) is 13.6. The standard InChI is InChI=1S/C16H26N4O2/c1-12(11-22-3)18-15-10-19(2)8-9-20(15)14-6-4-13(5-7-14)16(17)21/h4-7,12,15,18H,8-11H2,1-3H3,(H2,17,21)/t12-,15?/m1/s1. The number of rotatable bonds is 6. The van der Waals surface area contributed by atoms with Crippen molar-refractivity contribution in [2.24, 2.45) is 5.73 Å². The second-order valence-corrected chi connectivity index (χ2v) is 5.91. The molecular weight excluding hydrogens is 280 g/mol. The average Bonchev–Trinajstić information content (AvgIpc) is 2.48. The van der Waals surface area contributed by atoms with Crippen LogP contribution in [0.2, 0.25) is 0 Å². The third kappa shape index (κ3) is 4.19. The number of carbonyl (C=O) groups is 1. The molecule has 0 spiro atoms. The Morgan fingerprint density at radius 3 is 2.68 bits per heavy atom. The van der Waals surface area contributed by atoms with Crippen molar-refractivity contribution in [3.63, 3.8) is 0 Å². The molecule has 6 heteroatoms. The predicted molar refractivity (Wildman–Crippen MR) is 88.1 cm³/mol. The highest BCUT2D eigenvalue weighted by Crippen LogP contribution is 2.20. The molecule has 3 N–H and O–H groups in total. The van der Waals surface area contributed by atoms with Crippen molar-refractivity contribution < 1.29 is 9.53 Å². The molecule has 0 aromatic heterocycles. The van der Waals surface area contributed by atoms with Crippen LogP contribution in [0.4, 0.5) is 5.69 Å². The number of nitrogens with one attached hydrogen (secondary N) is 1. The molecule has 122 valence electrons. The fraction of sp³-hybridized carbons (Fsp3) is 0.562. The van der Waals surface area contributed by atoms with E-state index >= 15 is 0 Å². The molecule has 1 aromatic rings. The number of methoxy groups -OCH3 is 1. The zero-order valence-corrected chi connectivity index (χ0v) is 13.6. The van der Waals surface area contributed by atoms with Gasteiger partial charge < -0.3 is 20.3 Å². The van der Waals surface area contributed by atoms with Crippen LogP contribution in [0.25, 0.3) is 0 Å². The summed E-state index contributed by atoms with van der Waals surface area (Å²) >= 11 is 0. The van der Waals surface area contributed by atoms with E-state index in [1.54, 1.807) is 19.2 Å². The summed E-state index contributed by atoms with van der Waals surface area (Å²) in [5.41, 5.74) is 6.94. The van der Waals surface area contributed by atoms with Crippen molar-refractivity contribution >= 4 is 11.6 Å². The molecule has 2 rings (SSSR count). The van der Waals surface area contributed by atoms with Crippen LogP contribution < -0.4 is 16.0 Å². The smallest absolute Gasteiger partial charge is 0.248 e. The lowest BCUT2D eigenvalue weighted by molar-refractivity contribution is 0.100. The first kappa shape index (κ1) is 16.7. The third-order valence-corrected chi connectivity index (χ3v) is 3.96. The molecule has 0 radical (unpaired) electrons. The number of amides is 1. The number of piperazine rings is 1. The molecule has 1 aliphatic heterocycles. The number of benzene rings is 1. The predicted octanol–water partition coefficient (Wildman–Crippen LogP) is 0.488. The van der Waals surface area contributed by atoms with E-state index in [1.165, 1.54) is 0 Å². The number of ether oxygens (including phenoxy) is 1. The molecule has 1 fully saturated rings. The third-order valence-electron chi connectivity index (χ3n) is 3.96. The summed E-state index contributed by atoms with van der Waals surface area (Å²) in [6.07, 6.45) is 0.211. The highest BCUT2D eigenvalue weighted by molar-refractivity contribution is 5.93. The summed E-state index contributed by atoms with van der Waals surface area (Å²) in [6, 6.07) is 7.76. The number of anilines is 1. The van der Waals surface area contributed by atoms with E-state index < -0.39 is 5.91 Å². The number of nitrogens with zero attached hydrogens (tertiary/aromatic N) is 2. The van der Waals surface area contributed by atoms with Crippen LogP contribution in [-0.4, -0.2) is 63.4 Å². The Bertz CT molecular complexity index is 491. The summed E-state index contributed by atoms with van der Waals surface area (Å²) in [7, 11) is 3.84. The normalized spacial score (nSPS) is 20.9. The lowest BCUT2D eigenvalue weighted by Gasteiger charge is -2.43. The second-order valence-electron chi connectivity index (χ2n) is 5.91. The van der Waals surface area contributed by atoms with Gasteiger partial charge in [0, 0.05) is 44.0 Å². The maximum atomic E-state index is 11.2. The zero-order chi connectivity index (χ0) is 16.1. The lowest BCUT2D eigenvalue weighted by Crippen LogP contribution is -2.60. The largest absolute Gasteiger partial charge is 0.383 e. The SMILES string of the molecule is COC[C@@H](C)NC1CN(C)CCN1c1ccc(C(N)=O)cc1. The molecule has 2 atom stereocenters. The van der Waals surface area contributed by atoms with E-state index in [2.05, 4.69) is 29.1 Å². The molecule has 1 aromatic carbocycles. The molecule has 22 heavy (non-hydrogen) atoms. The lowest BCUT2D eigenvalue weighted by atomic mass is 10.1. The van der Waals surface area contributed by atoms with Gasteiger partial charge in [-0.25, -0.2) is 0 Å². The fourth-order valence-electron chi connectivity index (χ4n) is 2.81. The molecule has 0 aliphatic carbocycles. The van der Waals surface area contributed by atoms with E-state index in [0.717, 1.165) is 25.3 Å². The topological polar surface area (TPSA) is 70.8 Å². The first-order chi connectivity index (χ1) is 10.5. The summed E-state index contributed by atoms with van der Waals surface area (Å²) in [4.78, 5) is 15.8. The maximum absolute atomic E-state index is 11.2. The van der Waals surface area contributed by atoms with Gasteiger partial charge in [-0.3, -0.25) is 10.1 Å². The highest BCUT2D eigenvalue weighted by atomic mass is 16.5. The van der Waals surface area contributed by atoms with Crippen molar-refractivity contribution in [1.82, 2.24) is 10.2 Å². The van der Waals surface area contributed by atoms with Gasteiger partial charge in [0.2, 0.25) is 5.91 Å². The molecule has 1 unspecified atom stereocenters. The van der Waals surface area contributed by atoms with Gasteiger partial charge in [-0.1, -0.05) is 0 Å². The molecule has 6 nitrogen and oxygen atoms in total. The Balaban J connectivity index is 2.12. The molecule has 1 aliphatic rings. The molecule has 1 heterocycles. The number of nitrogens with two attached hydrogens (primary N) is 1. The molecule has 0 saturated carbocycles. The quantitative estimate of drug-likeness (QED) is 0.800. The van der Waals surface area contributed by atoms with Crippen LogP contribution in [0.15, 0.2) is 24.3 Å². The molecule has 1 saturated heterocycles. The van der Waals surface area contributed by atoms with E-state index in [1.807, 2.05) is 12.1 Å². The van der Waals surface area contributed by atoms with E-state index in [-0.39, 0.29) is 12.2 Å². The van der Waals surface area contributed by atoms with Crippen molar-refractivity contribution in [2.75, 3.05) is 45.3 Å². The summed E-state index contributed by atoms with van der Waals surface area (Å²) in [6.45, 7) is 5.67. The minimum Gasteiger partial charge on any atom is -0.383 e. The number of primary amides is 1. The van der Waals surface area contributed by atoms with Crippen LogP contribution in [-0.2, 0) is 4.74 Å². The molecule has 1 amide bonds. The van der Waals surface area contributed by atoms with E-state index in [9.17, 15) is 4.79 Å². The summed E-state index contributed by atoms with van der Waals surface area (Å²) in [5.74, 6) is -0.395. The number of hydrogen-bond acceptors (Lipinski definition) is 5. The Kier molecular flexibility index (Phi) is 5.76. The number of carbonyl (C=O) groups excluding carboxylic acids is 1. The monoisotopic (exact) mass is 306 g/mol. The fourth-order valence-corrected chi connectivity index (χ4v) is 2.81. The Hall–Kier alpha value is -1.63. The Morgan fingerprint density at radius 1 is 1.41 bits per heavy atom. The van der Waals surface area contributed by atoms with Crippen molar-refractivity contribution in [3.8, 4) is 0 Å². The Labute approximate surface area is 132 Å². The minimum absolute atomic E-state index is 0.211. The van der Waals surface area contributed by atoms with Crippen molar-refractivity contribution in [3.05, 3.63) is 29.8 Å². The molecular formula is C16H26N4O2. The van der Waals surface area contributed by atoms with Gasteiger partial charge in [0.05, 0.1) is 12.8 Å². The maximum Gasteiger partial charge on any atom is 0.248 e. The first-order valence-corrected chi connectivity index (χ1v) is 7.61. The van der Waals surface area contributed by atoms with E-state index in [0.29, 0.717) is 12.2 Å². The van der Waals surface area contributed by atoms with Gasteiger partial charge in [-0.05, 0) is 38.2 Å². The second kappa shape index (κ2) is 7.58. The van der Waals surface area contributed by atoms with Gasteiger partial charge in [-0.2, -0.15) is 0 Å². The first-order valence-electron chi connectivity index (χ1n) is 7.61. The van der Waals surface area contributed by atoms with Crippen LogP contribution in [0, 0.1) is 0 Å². The van der Waals surface area contributed by atoms with Gasteiger partial charge in [0.1, 0.15) is 0 Å². The number of likely N-dealkylation sites (N-methyl/N-ethyl adjacent to an activating group) is 1. The Morgan fingerprint density at radius 2 is 2.09 bits per heavy atom. The van der Waals surface area contributed by atoms with Crippen LogP contribution in [0.1, 0.15) is 17.3 Å². The summed E-state index contributed by atoms with van der Waals surface area (Å²) < 4.78 is 5.21. The minimum atomic E-state index is -0.395. The average molecular weight is 306 g/mol. The van der Waals surface area contributed by atoms with Gasteiger partial charge >= 0.3 is 0 Å². The van der Waals surface area contributed by atoms with Gasteiger partial charge in [0.25, 0.3) is 0 Å². The van der Waals surface area contributed by atoms with Crippen molar-refractivity contribution in [2.45, 2.75) is 19.1 Å². The van der Waals surface area contributed by atoms with Crippen LogP contribution in [0.5, 0.6) is 0 Å². The van der Waals surface area contributed by atoms with Gasteiger partial charge in [-0.15, -0.1) is 0 Å². The van der Waals surface area contributed by atoms with Crippen LogP contribution >= 0.6 is 0 Å². The van der Waals surface area contributed by atoms with E-state index in [4.69, 9.17) is 10.5 Å². The highest BCUT2D eigenvalue weighted by Gasteiger charge is 2.26. The molecule has 0 bridgehead atoms. The van der Waals surface area contributed by atoms with Gasteiger partial charge in [0.15, 0.2) is 0 Å². The number of hydrogen-bond donors (Lipinski definition) is 2.